The van der Waals surface area contributed by atoms with Crippen molar-refractivity contribution in [1.29, 1.82) is 0 Å². The van der Waals surface area contributed by atoms with Gasteiger partial charge >= 0.3 is 0 Å². The molecule has 0 saturated heterocycles. The van der Waals surface area contributed by atoms with Gasteiger partial charge in [-0.3, -0.25) is 4.79 Å². The van der Waals surface area contributed by atoms with E-state index in [2.05, 4.69) is 5.32 Å². The average Bonchev–Trinajstić information content (AvgIpc) is 2.44. The minimum Gasteiger partial charge on any atom is -0.394 e. The molecule has 0 spiro atoms. The van der Waals surface area contributed by atoms with E-state index < -0.39 is 6.10 Å². The van der Waals surface area contributed by atoms with E-state index in [1.807, 2.05) is 25.1 Å². The van der Waals surface area contributed by atoms with Gasteiger partial charge < -0.3 is 20.4 Å². The van der Waals surface area contributed by atoms with Crippen molar-refractivity contribution in [3.05, 3.63) is 23.8 Å². The molecular weight excluding hydrogens is 244 g/mol. The van der Waals surface area contributed by atoms with Gasteiger partial charge in [0.25, 0.3) is 0 Å². The maximum Gasteiger partial charge on any atom is 0.227 e. The smallest absolute Gasteiger partial charge is 0.227 e. The number of aliphatic hydroxyl groups is 2. The third-order valence-corrected chi connectivity index (χ3v) is 3.35. The molecule has 3 N–H and O–H groups in total. The van der Waals surface area contributed by atoms with Crippen molar-refractivity contribution in [2.45, 2.75) is 25.9 Å². The molecule has 0 fully saturated rings. The zero-order valence-corrected chi connectivity index (χ0v) is 11.1. The van der Waals surface area contributed by atoms with Gasteiger partial charge in [0, 0.05) is 30.9 Å². The molecule has 0 bridgehead atoms. The summed E-state index contributed by atoms with van der Waals surface area (Å²) in [6.45, 7) is 2.71. The normalized spacial score (nSPS) is 16.2. The van der Waals surface area contributed by atoms with Gasteiger partial charge in [0.1, 0.15) is 0 Å². The molecule has 5 nitrogen and oxygen atoms in total. The number of rotatable bonds is 5. The number of carbonyl (C=O) groups excluding carboxylic acids is 1. The number of hydrogen-bond donors (Lipinski definition) is 3. The maximum atomic E-state index is 11.8. The minimum absolute atomic E-state index is 0.173. The third-order valence-electron chi connectivity index (χ3n) is 3.35. The third kappa shape index (κ3) is 3.05. The van der Waals surface area contributed by atoms with Crippen LogP contribution in [0.2, 0.25) is 0 Å². The molecule has 0 radical (unpaired) electrons. The fourth-order valence-corrected chi connectivity index (χ4v) is 2.32. The maximum absolute atomic E-state index is 11.8. The summed E-state index contributed by atoms with van der Waals surface area (Å²) in [6.07, 6.45) is 0.538. The molecule has 2 rings (SSSR count). The molecule has 1 amide bonds. The van der Waals surface area contributed by atoms with Gasteiger partial charge in [0.05, 0.1) is 12.7 Å². The Labute approximate surface area is 112 Å². The number of aliphatic hydroxyl groups excluding tert-OH is 2. The number of nitrogens with zero attached hydrogens (tertiary/aromatic N) is 1. The summed E-state index contributed by atoms with van der Waals surface area (Å²) in [4.78, 5) is 13.6. The fraction of sp³-hybridized carbons (Fsp3) is 0.500. The first kappa shape index (κ1) is 13.8. The Morgan fingerprint density at radius 1 is 1.42 bits per heavy atom. The Kier molecular flexibility index (Phi) is 4.39. The van der Waals surface area contributed by atoms with Crippen LogP contribution in [-0.2, 0) is 11.2 Å². The average molecular weight is 264 g/mol. The Morgan fingerprint density at radius 3 is 2.89 bits per heavy atom. The summed E-state index contributed by atoms with van der Waals surface area (Å²) >= 11 is 0. The quantitative estimate of drug-likeness (QED) is 0.734. The van der Waals surface area contributed by atoms with Crippen LogP contribution >= 0.6 is 0 Å². The molecule has 1 unspecified atom stereocenters. The first-order chi connectivity index (χ1) is 9.15. The van der Waals surface area contributed by atoms with Gasteiger partial charge in [-0.15, -0.1) is 0 Å². The molecular formula is C14H20N2O3. The number of fused-ring (bicyclic) bond motifs is 1. The topological polar surface area (TPSA) is 72.8 Å². The van der Waals surface area contributed by atoms with Crippen LogP contribution in [0.4, 0.5) is 11.4 Å². The minimum atomic E-state index is -0.759. The number of anilines is 2. The molecule has 0 saturated carbocycles. The highest BCUT2D eigenvalue weighted by molar-refractivity contribution is 5.96. The highest BCUT2D eigenvalue weighted by atomic mass is 16.3. The van der Waals surface area contributed by atoms with Gasteiger partial charge in [0.2, 0.25) is 5.91 Å². The van der Waals surface area contributed by atoms with Crippen molar-refractivity contribution in [3.63, 3.8) is 0 Å². The van der Waals surface area contributed by atoms with E-state index in [9.17, 15) is 9.90 Å². The predicted molar refractivity (Wildman–Crippen MR) is 74.4 cm³/mol. The molecule has 19 heavy (non-hydrogen) atoms. The van der Waals surface area contributed by atoms with E-state index in [0.717, 1.165) is 23.4 Å². The molecule has 1 aromatic rings. The van der Waals surface area contributed by atoms with Crippen molar-refractivity contribution >= 4 is 17.3 Å². The molecule has 104 valence electrons. The number of benzene rings is 1. The van der Waals surface area contributed by atoms with E-state index in [1.54, 1.807) is 4.90 Å². The lowest BCUT2D eigenvalue weighted by atomic mass is 10.0. The van der Waals surface area contributed by atoms with Gasteiger partial charge in [-0.2, -0.15) is 0 Å². The van der Waals surface area contributed by atoms with Crippen LogP contribution in [0.15, 0.2) is 18.2 Å². The van der Waals surface area contributed by atoms with Crippen molar-refractivity contribution in [2.75, 3.05) is 29.9 Å². The van der Waals surface area contributed by atoms with Crippen molar-refractivity contribution in [3.8, 4) is 0 Å². The van der Waals surface area contributed by atoms with E-state index in [4.69, 9.17) is 5.11 Å². The van der Waals surface area contributed by atoms with Crippen molar-refractivity contribution in [1.82, 2.24) is 0 Å². The highest BCUT2D eigenvalue weighted by Crippen LogP contribution is 2.30. The van der Waals surface area contributed by atoms with Crippen molar-refractivity contribution in [2.24, 2.45) is 0 Å². The lowest BCUT2D eigenvalue weighted by molar-refractivity contribution is -0.118. The molecule has 1 atom stereocenters. The molecule has 1 aliphatic rings. The summed E-state index contributed by atoms with van der Waals surface area (Å²) < 4.78 is 0. The molecule has 1 aromatic carbocycles. The molecule has 1 heterocycles. The van der Waals surface area contributed by atoms with Crippen LogP contribution in [0, 0.1) is 0 Å². The summed E-state index contributed by atoms with van der Waals surface area (Å²) in [5.74, 6) is 0.173. The van der Waals surface area contributed by atoms with Gasteiger partial charge in [-0.05, 0) is 37.1 Å². The number of amides is 1. The Hall–Kier alpha value is -1.59. The SMILES string of the molecule is CCN1C(=O)CCc2cc(NCC(O)CO)ccc21. The fourth-order valence-electron chi connectivity index (χ4n) is 2.32. The number of hydrogen-bond acceptors (Lipinski definition) is 4. The first-order valence-electron chi connectivity index (χ1n) is 6.61. The van der Waals surface area contributed by atoms with Gasteiger partial charge in [0.15, 0.2) is 0 Å². The van der Waals surface area contributed by atoms with E-state index in [0.29, 0.717) is 19.5 Å². The second-order valence-electron chi connectivity index (χ2n) is 4.70. The molecule has 1 aliphatic heterocycles. The molecule has 5 heteroatoms. The van der Waals surface area contributed by atoms with E-state index >= 15 is 0 Å². The second-order valence-corrected chi connectivity index (χ2v) is 4.70. The van der Waals surface area contributed by atoms with E-state index in [1.165, 1.54) is 0 Å². The largest absolute Gasteiger partial charge is 0.394 e. The second kappa shape index (κ2) is 6.04. The Morgan fingerprint density at radius 2 is 2.21 bits per heavy atom. The van der Waals surface area contributed by atoms with Crippen LogP contribution in [-0.4, -0.2) is 41.9 Å². The van der Waals surface area contributed by atoms with Crippen LogP contribution < -0.4 is 10.2 Å². The van der Waals surface area contributed by atoms with Crippen molar-refractivity contribution < 1.29 is 15.0 Å². The summed E-state index contributed by atoms with van der Waals surface area (Å²) in [5, 5.41) is 21.1. The first-order valence-corrected chi connectivity index (χ1v) is 6.61. The lowest BCUT2D eigenvalue weighted by Gasteiger charge is -2.28. The van der Waals surface area contributed by atoms with Crippen LogP contribution in [0.5, 0.6) is 0 Å². The summed E-state index contributed by atoms with van der Waals surface area (Å²) in [5.41, 5.74) is 3.02. The number of nitrogens with one attached hydrogen (secondary N) is 1. The number of aryl methyl sites for hydroxylation is 1. The Balaban J connectivity index is 2.13. The molecule has 0 aromatic heterocycles. The lowest BCUT2D eigenvalue weighted by Crippen LogP contribution is -2.34. The number of carbonyl (C=O) groups is 1. The highest BCUT2D eigenvalue weighted by Gasteiger charge is 2.22. The predicted octanol–water partition coefficient (Wildman–Crippen LogP) is 0.751. The zero-order valence-electron chi connectivity index (χ0n) is 11.1. The monoisotopic (exact) mass is 264 g/mol. The van der Waals surface area contributed by atoms with Gasteiger partial charge in [-0.25, -0.2) is 0 Å². The zero-order chi connectivity index (χ0) is 13.8. The molecule has 0 aliphatic carbocycles. The Bertz CT molecular complexity index is 462. The standard InChI is InChI=1S/C14H20N2O3/c1-2-16-13-5-4-11(15-8-12(18)9-17)7-10(13)3-6-14(16)19/h4-5,7,12,15,17-18H,2-3,6,8-9H2,1H3. The van der Waals surface area contributed by atoms with E-state index in [-0.39, 0.29) is 12.5 Å². The summed E-state index contributed by atoms with van der Waals surface area (Å²) in [6, 6.07) is 5.84. The summed E-state index contributed by atoms with van der Waals surface area (Å²) in [7, 11) is 0. The van der Waals surface area contributed by atoms with Crippen LogP contribution in [0.25, 0.3) is 0 Å². The van der Waals surface area contributed by atoms with Gasteiger partial charge in [-0.1, -0.05) is 0 Å². The van der Waals surface area contributed by atoms with Crippen LogP contribution in [0.3, 0.4) is 0 Å². The van der Waals surface area contributed by atoms with Crippen LogP contribution in [0.1, 0.15) is 18.9 Å².